The highest BCUT2D eigenvalue weighted by atomic mass is 79.9. The highest BCUT2D eigenvalue weighted by molar-refractivity contribution is 9.13. The molecule has 0 aliphatic carbocycles. The van der Waals surface area contributed by atoms with E-state index in [0.717, 1.165) is 11.3 Å². The molecule has 0 amide bonds. The van der Waals surface area contributed by atoms with Gasteiger partial charge in [0.25, 0.3) is 0 Å². The maximum absolute atomic E-state index is 10.8. The van der Waals surface area contributed by atoms with Gasteiger partial charge in [-0.15, -0.1) is 11.3 Å². The molecule has 1 N–H and O–H groups in total. The summed E-state index contributed by atoms with van der Waals surface area (Å²) < 4.78 is 6.56. The summed E-state index contributed by atoms with van der Waals surface area (Å²) in [6, 6.07) is 0. The van der Waals surface area contributed by atoms with Crippen LogP contribution in [-0.2, 0) is 0 Å². The molecule has 0 unspecified atom stereocenters. The van der Waals surface area contributed by atoms with Crippen molar-refractivity contribution >= 4 is 49.2 Å². The van der Waals surface area contributed by atoms with Crippen LogP contribution >= 0.6 is 43.2 Å². The third kappa shape index (κ3) is 2.37. The van der Waals surface area contributed by atoms with E-state index in [-0.39, 0.29) is 11.5 Å². The number of carbonyl (C=O) groups is 1. The van der Waals surface area contributed by atoms with Gasteiger partial charge in [0.1, 0.15) is 6.61 Å². The molecule has 3 nitrogen and oxygen atoms in total. The van der Waals surface area contributed by atoms with Crippen molar-refractivity contribution in [2.45, 2.75) is 0 Å². The van der Waals surface area contributed by atoms with Gasteiger partial charge >= 0.3 is 5.97 Å². The van der Waals surface area contributed by atoms with Gasteiger partial charge in [-0.3, -0.25) is 0 Å². The Morgan fingerprint density at radius 3 is 2.79 bits per heavy atom. The lowest BCUT2D eigenvalue weighted by atomic mass is 10.4. The minimum absolute atomic E-state index is 0.172. The van der Waals surface area contributed by atoms with Gasteiger partial charge in [-0.25, -0.2) is 4.79 Å². The molecule has 14 heavy (non-hydrogen) atoms. The van der Waals surface area contributed by atoms with Gasteiger partial charge in [0.05, 0.1) is 8.26 Å². The molecule has 1 rings (SSSR count). The Morgan fingerprint density at radius 2 is 2.29 bits per heavy atom. The third-order valence-electron chi connectivity index (χ3n) is 1.31. The lowest BCUT2D eigenvalue weighted by Crippen LogP contribution is -1.99. The van der Waals surface area contributed by atoms with Gasteiger partial charge in [-0.1, -0.05) is 12.7 Å². The number of halogens is 2. The van der Waals surface area contributed by atoms with Crippen molar-refractivity contribution in [2.24, 2.45) is 0 Å². The Labute approximate surface area is 102 Å². The van der Waals surface area contributed by atoms with E-state index in [2.05, 4.69) is 38.4 Å². The van der Waals surface area contributed by atoms with Gasteiger partial charge in [-0.05, 0) is 31.9 Å². The maximum atomic E-state index is 10.8. The van der Waals surface area contributed by atoms with Gasteiger partial charge in [-0.2, -0.15) is 0 Å². The maximum Gasteiger partial charge on any atom is 0.349 e. The predicted molar refractivity (Wildman–Crippen MR) is 62.4 cm³/mol. The van der Waals surface area contributed by atoms with Crippen molar-refractivity contribution in [1.82, 2.24) is 0 Å². The summed E-state index contributed by atoms with van der Waals surface area (Å²) in [5.41, 5.74) is 0. The second kappa shape index (κ2) is 4.95. The summed E-state index contributed by atoms with van der Waals surface area (Å²) in [5.74, 6) is -0.658. The van der Waals surface area contributed by atoms with E-state index in [1.54, 1.807) is 6.08 Å². The number of carboxylic acid groups (broad SMARTS) is 1. The molecule has 6 heteroatoms. The first-order valence-electron chi connectivity index (χ1n) is 3.52. The Morgan fingerprint density at radius 1 is 1.64 bits per heavy atom. The van der Waals surface area contributed by atoms with Crippen LogP contribution in [0.2, 0.25) is 0 Å². The molecule has 0 atom stereocenters. The third-order valence-corrected chi connectivity index (χ3v) is 4.69. The highest BCUT2D eigenvalue weighted by Gasteiger charge is 2.21. The van der Waals surface area contributed by atoms with Crippen LogP contribution in [0.1, 0.15) is 9.67 Å². The predicted octanol–water partition coefficient (Wildman–Crippen LogP) is 3.54. The summed E-state index contributed by atoms with van der Waals surface area (Å²) in [6.45, 7) is 3.77. The zero-order valence-corrected chi connectivity index (χ0v) is 10.9. The lowest BCUT2D eigenvalue weighted by molar-refractivity contribution is 0.0698. The van der Waals surface area contributed by atoms with E-state index in [0.29, 0.717) is 14.0 Å². The first-order valence-corrected chi connectivity index (χ1v) is 5.93. The van der Waals surface area contributed by atoms with Gasteiger partial charge in [0, 0.05) is 0 Å². The molecule has 1 aromatic rings. The largest absolute Gasteiger partial charge is 0.487 e. The Bertz CT molecular complexity index is 373. The Hall–Kier alpha value is -0.330. The van der Waals surface area contributed by atoms with Crippen LogP contribution in [0.25, 0.3) is 0 Å². The number of aromatic carboxylic acids is 1. The molecule has 0 saturated heterocycles. The Kier molecular flexibility index (Phi) is 4.15. The van der Waals surface area contributed by atoms with Gasteiger partial charge in [0.15, 0.2) is 10.6 Å². The van der Waals surface area contributed by atoms with E-state index in [4.69, 9.17) is 9.84 Å². The summed E-state index contributed by atoms with van der Waals surface area (Å²) >= 11 is 7.58. The minimum Gasteiger partial charge on any atom is -0.487 e. The number of carboxylic acids is 1. The number of rotatable bonds is 4. The fraction of sp³-hybridized carbons (Fsp3) is 0.125. The van der Waals surface area contributed by atoms with Crippen molar-refractivity contribution in [3.8, 4) is 5.75 Å². The zero-order valence-electron chi connectivity index (χ0n) is 6.92. The molecule has 1 aromatic heterocycles. The Balaban J connectivity index is 3.09. The molecular formula is C8H6Br2O3S. The van der Waals surface area contributed by atoms with Crippen molar-refractivity contribution in [2.75, 3.05) is 6.61 Å². The molecule has 0 aliphatic heterocycles. The van der Waals surface area contributed by atoms with Crippen LogP contribution in [0, 0.1) is 0 Å². The fourth-order valence-corrected chi connectivity index (χ4v) is 2.84. The van der Waals surface area contributed by atoms with Crippen molar-refractivity contribution in [3.05, 3.63) is 25.8 Å². The van der Waals surface area contributed by atoms with E-state index in [1.165, 1.54) is 0 Å². The molecule has 0 aliphatic rings. The summed E-state index contributed by atoms with van der Waals surface area (Å²) in [5, 5.41) is 8.87. The zero-order chi connectivity index (χ0) is 10.7. The average Bonchev–Trinajstić information content (AvgIpc) is 2.41. The highest BCUT2D eigenvalue weighted by Crippen LogP contribution is 2.43. The summed E-state index contributed by atoms with van der Waals surface area (Å²) in [7, 11) is 0. The molecular weight excluding hydrogens is 336 g/mol. The molecule has 0 fully saturated rings. The quantitative estimate of drug-likeness (QED) is 0.852. The molecule has 0 aromatic carbocycles. The topological polar surface area (TPSA) is 46.5 Å². The molecule has 0 radical (unpaired) electrons. The van der Waals surface area contributed by atoms with E-state index in [1.807, 2.05) is 0 Å². The van der Waals surface area contributed by atoms with Crippen LogP contribution in [0.4, 0.5) is 0 Å². The molecule has 0 bridgehead atoms. The van der Waals surface area contributed by atoms with Crippen LogP contribution in [0.3, 0.4) is 0 Å². The monoisotopic (exact) mass is 340 g/mol. The first-order chi connectivity index (χ1) is 6.57. The summed E-state index contributed by atoms with van der Waals surface area (Å²) in [6.07, 6.45) is 1.56. The van der Waals surface area contributed by atoms with Gasteiger partial charge < -0.3 is 9.84 Å². The van der Waals surface area contributed by atoms with E-state index < -0.39 is 5.97 Å². The number of thiophene rings is 1. The number of hydrogen-bond acceptors (Lipinski definition) is 3. The van der Waals surface area contributed by atoms with Crippen LogP contribution in [0.5, 0.6) is 5.75 Å². The smallest absolute Gasteiger partial charge is 0.349 e. The van der Waals surface area contributed by atoms with Crippen molar-refractivity contribution in [3.63, 3.8) is 0 Å². The van der Waals surface area contributed by atoms with Crippen LogP contribution < -0.4 is 4.74 Å². The fourth-order valence-electron chi connectivity index (χ4n) is 0.782. The number of hydrogen-bond donors (Lipinski definition) is 1. The second-order valence-electron chi connectivity index (χ2n) is 2.25. The second-order valence-corrected chi connectivity index (χ2v) is 5.38. The standard InChI is InChI=1S/C8H6Br2O3S/c1-2-3-13-5-4(9)7(10)14-6(5)8(11)12/h2H,1,3H2,(H,11,12). The van der Waals surface area contributed by atoms with E-state index in [9.17, 15) is 4.79 Å². The van der Waals surface area contributed by atoms with Crippen molar-refractivity contribution in [1.29, 1.82) is 0 Å². The average molecular weight is 342 g/mol. The van der Waals surface area contributed by atoms with Crippen molar-refractivity contribution < 1.29 is 14.6 Å². The normalized spacial score (nSPS) is 9.86. The minimum atomic E-state index is -1.000. The van der Waals surface area contributed by atoms with Gasteiger partial charge in [0.2, 0.25) is 0 Å². The number of ether oxygens (including phenoxy) is 1. The molecule has 76 valence electrons. The SMILES string of the molecule is C=CCOc1c(C(=O)O)sc(Br)c1Br. The lowest BCUT2D eigenvalue weighted by Gasteiger charge is -2.02. The van der Waals surface area contributed by atoms with Crippen LogP contribution in [0.15, 0.2) is 20.9 Å². The summed E-state index contributed by atoms with van der Waals surface area (Å²) in [4.78, 5) is 11.0. The first kappa shape index (κ1) is 11.7. The molecule has 0 spiro atoms. The molecule has 1 heterocycles. The molecule has 0 saturated carbocycles. The van der Waals surface area contributed by atoms with Crippen LogP contribution in [-0.4, -0.2) is 17.7 Å². The van der Waals surface area contributed by atoms with E-state index >= 15 is 0 Å².